The second-order valence-corrected chi connectivity index (χ2v) is 4.02. The Labute approximate surface area is 104 Å². The number of rotatable bonds is 4. The molecule has 0 aliphatic carbocycles. The van der Waals surface area contributed by atoms with Crippen LogP contribution in [0.4, 0.5) is 4.39 Å². The van der Waals surface area contributed by atoms with Gasteiger partial charge >= 0.3 is 0 Å². The molecule has 1 heterocycles. The van der Waals surface area contributed by atoms with E-state index in [2.05, 4.69) is 10.1 Å². The summed E-state index contributed by atoms with van der Waals surface area (Å²) in [4.78, 5) is 4.06. The van der Waals surface area contributed by atoms with Crippen LogP contribution in [0.1, 0.15) is 24.4 Å². The molecule has 6 heteroatoms. The average molecular weight is 250 g/mol. The molecule has 1 atom stereocenters. The summed E-state index contributed by atoms with van der Waals surface area (Å²) in [5.74, 6) is 0.385. The molecule has 0 fully saturated rings. The van der Waals surface area contributed by atoms with Crippen LogP contribution in [0.3, 0.4) is 0 Å². The van der Waals surface area contributed by atoms with Crippen molar-refractivity contribution in [3.8, 4) is 5.75 Å². The summed E-state index contributed by atoms with van der Waals surface area (Å²) in [5.41, 5.74) is 6.16. The van der Waals surface area contributed by atoms with Crippen LogP contribution < -0.4 is 10.5 Å². The van der Waals surface area contributed by atoms with Gasteiger partial charge < -0.3 is 10.5 Å². The normalized spacial score (nSPS) is 12.4. The summed E-state index contributed by atoms with van der Waals surface area (Å²) in [6, 6.07) is 4.76. The second kappa shape index (κ2) is 5.14. The first-order chi connectivity index (χ1) is 8.61. The van der Waals surface area contributed by atoms with Crippen LogP contribution in [0.15, 0.2) is 24.5 Å². The minimum atomic E-state index is -0.377. The molecule has 1 unspecified atom stereocenters. The van der Waals surface area contributed by atoms with Gasteiger partial charge in [0, 0.05) is 5.56 Å². The minimum absolute atomic E-state index is 0.222. The van der Waals surface area contributed by atoms with Crippen molar-refractivity contribution < 1.29 is 9.13 Å². The van der Waals surface area contributed by atoms with E-state index in [9.17, 15) is 4.39 Å². The maximum atomic E-state index is 13.9. The Balaban J connectivity index is 2.23. The number of halogens is 1. The van der Waals surface area contributed by atoms with Crippen LogP contribution in [0.25, 0.3) is 0 Å². The molecule has 96 valence electrons. The summed E-state index contributed by atoms with van der Waals surface area (Å²) >= 11 is 0. The van der Waals surface area contributed by atoms with Crippen molar-refractivity contribution in [1.29, 1.82) is 0 Å². The van der Waals surface area contributed by atoms with Crippen molar-refractivity contribution in [2.45, 2.75) is 19.5 Å². The van der Waals surface area contributed by atoms with Gasteiger partial charge in [-0.15, -0.1) is 0 Å². The first kappa shape index (κ1) is 12.5. The van der Waals surface area contributed by atoms with Crippen molar-refractivity contribution in [3.05, 3.63) is 41.7 Å². The fourth-order valence-corrected chi connectivity index (χ4v) is 1.60. The van der Waals surface area contributed by atoms with Crippen molar-refractivity contribution in [1.82, 2.24) is 14.8 Å². The molecule has 1 aromatic heterocycles. The van der Waals surface area contributed by atoms with Crippen molar-refractivity contribution in [2.24, 2.45) is 5.73 Å². The lowest BCUT2D eigenvalue weighted by molar-refractivity contribution is 0.383. The standard InChI is InChI=1S/C12H15FN4O/c1-8(14)12-15-7-17(16-12)6-9-4-3-5-10(18-2)11(9)13/h3-5,7-8H,6,14H2,1-2H3. The van der Waals surface area contributed by atoms with Crippen LogP contribution in [-0.2, 0) is 6.54 Å². The number of aromatic nitrogens is 3. The van der Waals surface area contributed by atoms with E-state index in [1.165, 1.54) is 13.4 Å². The minimum Gasteiger partial charge on any atom is -0.494 e. The molecule has 0 saturated heterocycles. The summed E-state index contributed by atoms with van der Waals surface area (Å²) < 4.78 is 20.4. The molecule has 0 amide bonds. The van der Waals surface area contributed by atoms with Crippen molar-refractivity contribution >= 4 is 0 Å². The Morgan fingerprint density at radius 3 is 2.89 bits per heavy atom. The number of ether oxygens (including phenoxy) is 1. The lowest BCUT2D eigenvalue weighted by atomic mass is 10.2. The number of nitrogens with zero attached hydrogens (tertiary/aromatic N) is 3. The second-order valence-electron chi connectivity index (χ2n) is 4.02. The van der Waals surface area contributed by atoms with Gasteiger partial charge in [-0.1, -0.05) is 12.1 Å². The summed E-state index contributed by atoms with van der Waals surface area (Å²) in [5, 5.41) is 4.17. The monoisotopic (exact) mass is 250 g/mol. The highest BCUT2D eigenvalue weighted by Gasteiger charge is 2.11. The lowest BCUT2D eigenvalue weighted by Gasteiger charge is -2.07. The van der Waals surface area contributed by atoms with Gasteiger partial charge in [-0.05, 0) is 13.0 Å². The van der Waals surface area contributed by atoms with Gasteiger partial charge in [-0.3, -0.25) is 0 Å². The van der Waals surface area contributed by atoms with Crippen LogP contribution >= 0.6 is 0 Å². The first-order valence-electron chi connectivity index (χ1n) is 5.58. The van der Waals surface area contributed by atoms with E-state index in [0.29, 0.717) is 17.9 Å². The molecular formula is C12H15FN4O. The first-order valence-corrected chi connectivity index (χ1v) is 5.58. The van der Waals surface area contributed by atoms with Gasteiger partial charge in [0.25, 0.3) is 0 Å². The Morgan fingerprint density at radius 1 is 1.50 bits per heavy atom. The third-order valence-corrected chi connectivity index (χ3v) is 2.56. The van der Waals surface area contributed by atoms with Crippen molar-refractivity contribution in [2.75, 3.05) is 7.11 Å². The largest absolute Gasteiger partial charge is 0.494 e. The van der Waals surface area contributed by atoms with E-state index in [1.54, 1.807) is 29.8 Å². The molecule has 0 radical (unpaired) electrons. The zero-order chi connectivity index (χ0) is 13.1. The Kier molecular flexibility index (Phi) is 3.57. The van der Waals surface area contributed by atoms with Crippen LogP contribution in [0.5, 0.6) is 5.75 Å². The van der Waals surface area contributed by atoms with E-state index in [4.69, 9.17) is 10.5 Å². The molecule has 2 N–H and O–H groups in total. The molecule has 2 aromatic rings. The summed E-state index contributed by atoms with van der Waals surface area (Å²) in [6.07, 6.45) is 1.54. The quantitative estimate of drug-likeness (QED) is 0.892. The molecule has 5 nitrogen and oxygen atoms in total. The molecule has 0 saturated carbocycles. The highest BCUT2D eigenvalue weighted by molar-refractivity contribution is 5.31. The van der Waals surface area contributed by atoms with Gasteiger partial charge in [0.2, 0.25) is 0 Å². The van der Waals surface area contributed by atoms with Crippen LogP contribution in [0.2, 0.25) is 0 Å². The van der Waals surface area contributed by atoms with Gasteiger partial charge in [-0.2, -0.15) is 5.10 Å². The third kappa shape index (κ3) is 2.48. The number of hydrogen-bond donors (Lipinski definition) is 1. The zero-order valence-corrected chi connectivity index (χ0v) is 10.3. The van der Waals surface area contributed by atoms with Crippen LogP contribution in [-0.4, -0.2) is 21.9 Å². The summed E-state index contributed by atoms with van der Waals surface area (Å²) in [6.45, 7) is 2.09. The van der Waals surface area contributed by atoms with Crippen molar-refractivity contribution in [3.63, 3.8) is 0 Å². The average Bonchev–Trinajstić information content (AvgIpc) is 2.80. The molecule has 0 aliphatic heterocycles. The van der Waals surface area contributed by atoms with Gasteiger partial charge in [0.05, 0.1) is 19.7 Å². The molecule has 0 aliphatic rings. The molecule has 1 aromatic carbocycles. The number of methoxy groups -OCH3 is 1. The van der Waals surface area contributed by atoms with E-state index in [1.807, 2.05) is 0 Å². The molecule has 0 bridgehead atoms. The maximum Gasteiger partial charge on any atom is 0.170 e. The molecule has 2 rings (SSSR count). The predicted molar refractivity (Wildman–Crippen MR) is 64.7 cm³/mol. The van der Waals surface area contributed by atoms with E-state index < -0.39 is 0 Å². The molecular weight excluding hydrogens is 235 g/mol. The van der Waals surface area contributed by atoms with E-state index >= 15 is 0 Å². The summed E-state index contributed by atoms with van der Waals surface area (Å²) in [7, 11) is 1.44. The topological polar surface area (TPSA) is 66.0 Å². The van der Waals surface area contributed by atoms with Crippen LogP contribution in [0, 0.1) is 5.82 Å². The maximum absolute atomic E-state index is 13.9. The SMILES string of the molecule is COc1cccc(Cn2cnc(C(C)N)n2)c1F. The smallest absolute Gasteiger partial charge is 0.170 e. The van der Waals surface area contributed by atoms with E-state index in [0.717, 1.165) is 0 Å². The fourth-order valence-electron chi connectivity index (χ4n) is 1.60. The zero-order valence-electron chi connectivity index (χ0n) is 10.3. The number of hydrogen-bond acceptors (Lipinski definition) is 4. The Bertz CT molecular complexity index is 539. The number of nitrogens with two attached hydrogens (primary N) is 1. The van der Waals surface area contributed by atoms with Gasteiger partial charge in [-0.25, -0.2) is 14.1 Å². The third-order valence-electron chi connectivity index (χ3n) is 2.56. The van der Waals surface area contributed by atoms with Gasteiger partial charge in [0.15, 0.2) is 17.4 Å². The van der Waals surface area contributed by atoms with E-state index in [-0.39, 0.29) is 17.6 Å². The predicted octanol–water partition coefficient (Wildman–Crippen LogP) is 1.49. The lowest BCUT2D eigenvalue weighted by Crippen LogP contribution is -2.09. The highest BCUT2D eigenvalue weighted by Crippen LogP contribution is 2.20. The van der Waals surface area contributed by atoms with Gasteiger partial charge in [0.1, 0.15) is 6.33 Å². The fraction of sp³-hybridized carbons (Fsp3) is 0.333. The Morgan fingerprint density at radius 2 is 2.28 bits per heavy atom. The Hall–Kier alpha value is -1.95. The number of benzene rings is 1. The highest BCUT2D eigenvalue weighted by atomic mass is 19.1. The molecule has 18 heavy (non-hydrogen) atoms. The molecule has 0 spiro atoms.